The van der Waals surface area contributed by atoms with Crippen molar-refractivity contribution in [3.8, 4) is 0 Å². The van der Waals surface area contributed by atoms with E-state index < -0.39 is 5.97 Å². The molecule has 0 fully saturated rings. The van der Waals surface area contributed by atoms with Crippen LogP contribution in [0.1, 0.15) is 44.7 Å². The molecule has 3 nitrogen and oxygen atoms in total. The molecule has 1 unspecified atom stereocenters. The summed E-state index contributed by atoms with van der Waals surface area (Å²) in [6.45, 7) is 7.38. The molecule has 0 heterocycles. The van der Waals surface area contributed by atoms with E-state index in [2.05, 4.69) is 50.4 Å². The Morgan fingerprint density at radius 2 is 1.70 bits per heavy atom. The maximum atomic E-state index is 10.9. The highest BCUT2D eigenvalue weighted by atomic mass is 16.4. The molecule has 0 aliphatic rings. The number of hydrogen-bond acceptors (Lipinski definition) is 2. The summed E-state index contributed by atoms with van der Waals surface area (Å²) in [5, 5.41) is 12.3. The molecule has 3 heteroatoms. The molecule has 1 atom stereocenters. The zero-order chi connectivity index (χ0) is 15.0. The first kappa shape index (κ1) is 16.7. The zero-order valence-electron chi connectivity index (χ0n) is 12.9. The smallest absolute Gasteiger partial charge is 0.304 e. The van der Waals surface area contributed by atoms with Gasteiger partial charge in [0, 0.05) is 6.04 Å². The molecule has 1 aromatic rings. The highest BCUT2D eigenvalue weighted by Gasteiger charge is 2.13. The van der Waals surface area contributed by atoms with Crippen molar-refractivity contribution in [2.45, 2.75) is 52.5 Å². The van der Waals surface area contributed by atoms with Gasteiger partial charge in [-0.1, -0.05) is 45.0 Å². The quantitative estimate of drug-likeness (QED) is 0.728. The zero-order valence-corrected chi connectivity index (χ0v) is 12.9. The first-order chi connectivity index (χ1) is 9.51. The number of benzene rings is 1. The van der Waals surface area contributed by atoms with E-state index in [0.29, 0.717) is 5.92 Å². The van der Waals surface area contributed by atoms with Crippen LogP contribution in [0, 0.1) is 5.92 Å². The molecule has 0 radical (unpaired) electrons. The van der Waals surface area contributed by atoms with Gasteiger partial charge in [0.1, 0.15) is 0 Å². The van der Waals surface area contributed by atoms with Gasteiger partial charge in [0.05, 0.1) is 6.42 Å². The molecule has 0 saturated heterocycles. The van der Waals surface area contributed by atoms with Crippen molar-refractivity contribution in [3.05, 3.63) is 35.4 Å². The Hall–Kier alpha value is -1.35. The number of hydrogen-bond donors (Lipinski definition) is 2. The number of nitrogens with one attached hydrogen (secondary N) is 1. The Labute approximate surface area is 122 Å². The van der Waals surface area contributed by atoms with Gasteiger partial charge in [-0.05, 0) is 42.9 Å². The summed E-state index contributed by atoms with van der Waals surface area (Å²) in [5.41, 5.74) is 2.55. The molecule has 0 saturated carbocycles. The summed E-state index contributed by atoms with van der Waals surface area (Å²) >= 11 is 0. The van der Waals surface area contributed by atoms with E-state index in [1.807, 2.05) is 0 Å². The van der Waals surface area contributed by atoms with Crippen LogP contribution in [0.25, 0.3) is 0 Å². The maximum Gasteiger partial charge on any atom is 0.304 e. The predicted octanol–water partition coefficient (Wildman–Crippen LogP) is 3.27. The molecule has 0 aromatic heterocycles. The van der Waals surface area contributed by atoms with E-state index in [1.165, 1.54) is 11.1 Å². The first-order valence-corrected chi connectivity index (χ1v) is 7.54. The van der Waals surface area contributed by atoms with Gasteiger partial charge in [0.25, 0.3) is 0 Å². The van der Waals surface area contributed by atoms with E-state index in [9.17, 15) is 4.79 Å². The third kappa shape index (κ3) is 6.71. The Morgan fingerprint density at radius 3 is 2.15 bits per heavy atom. The van der Waals surface area contributed by atoms with Gasteiger partial charge in [0.2, 0.25) is 0 Å². The number of carboxylic acids is 1. The third-order valence-electron chi connectivity index (χ3n) is 3.25. The second kappa shape index (κ2) is 8.75. The van der Waals surface area contributed by atoms with Gasteiger partial charge >= 0.3 is 5.97 Å². The van der Waals surface area contributed by atoms with Crippen molar-refractivity contribution in [2.24, 2.45) is 5.92 Å². The Balaban J connectivity index is 2.60. The van der Waals surface area contributed by atoms with Crippen LogP contribution in [0.4, 0.5) is 0 Å². The van der Waals surface area contributed by atoms with Crippen molar-refractivity contribution in [3.63, 3.8) is 0 Å². The molecule has 1 rings (SSSR count). The van der Waals surface area contributed by atoms with Gasteiger partial charge in [-0.3, -0.25) is 4.79 Å². The minimum Gasteiger partial charge on any atom is -0.481 e. The van der Waals surface area contributed by atoms with Gasteiger partial charge < -0.3 is 10.4 Å². The molecular formula is C17H27NO2. The Morgan fingerprint density at radius 1 is 1.15 bits per heavy atom. The van der Waals surface area contributed by atoms with Crippen molar-refractivity contribution in [2.75, 3.05) is 6.54 Å². The highest BCUT2D eigenvalue weighted by molar-refractivity contribution is 5.67. The van der Waals surface area contributed by atoms with Crippen LogP contribution in [0.15, 0.2) is 24.3 Å². The van der Waals surface area contributed by atoms with Crippen LogP contribution in [-0.4, -0.2) is 23.7 Å². The van der Waals surface area contributed by atoms with Crippen LogP contribution in [0.3, 0.4) is 0 Å². The fourth-order valence-corrected chi connectivity index (χ4v) is 2.34. The molecule has 0 aliphatic heterocycles. The lowest BCUT2D eigenvalue weighted by molar-refractivity contribution is -0.137. The molecule has 0 bridgehead atoms. The SMILES string of the molecule is CCCNC(CC(=O)O)Cc1ccc(CC(C)C)cc1. The number of carbonyl (C=O) groups is 1. The monoisotopic (exact) mass is 277 g/mol. The van der Waals surface area contributed by atoms with E-state index in [-0.39, 0.29) is 12.5 Å². The fraction of sp³-hybridized carbons (Fsp3) is 0.588. The van der Waals surface area contributed by atoms with E-state index in [0.717, 1.165) is 25.8 Å². The average molecular weight is 277 g/mol. The maximum absolute atomic E-state index is 10.9. The van der Waals surface area contributed by atoms with Gasteiger partial charge in [0.15, 0.2) is 0 Å². The molecule has 112 valence electrons. The average Bonchev–Trinajstić information content (AvgIpc) is 2.37. The van der Waals surface area contributed by atoms with Gasteiger partial charge in [-0.15, -0.1) is 0 Å². The van der Waals surface area contributed by atoms with Gasteiger partial charge in [-0.25, -0.2) is 0 Å². The summed E-state index contributed by atoms with van der Waals surface area (Å²) in [6.07, 6.45) is 3.05. The van der Waals surface area contributed by atoms with Crippen LogP contribution in [0.5, 0.6) is 0 Å². The van der Waals surface area contributed by atoms with Crippen molar-refractivity contribution in [1.82, 2.24) is 5.32 Å². The van der Waals surface area contributed by atoms with Crippen LogP contribution < -0.4 is 5.32 Å². The Bertz CT molecular complexity index is 398. The number of aliphatic carboxylic acids is 1. The number of carboxylic acid groups (broad SMARTS) is 1. The molecular weight excluding hydrogens is 250 g/mol. The molecule has 2 N–H and O–H groups in total. The van der Waals surface area contributed by atoms with E-state index in [4.69, 9.17) is 5.11 Å². The van der Waals surface area contributed by atoms with Crippen molar-refractivity contribution >= 4 is 5.97 Å². The van der Waals surface area contributed by atoms with Gasteiger partial charge in [-0.2, -0.15) is 0 Å². The summed E-state index contributed by atoms with van der Waals surface area (Å²) in [5.74, 6) is -0.0816. The van der Waals surface area contributed by atoms with Crippen LogP contribution in [-0.2, 0) is 17.6 Å². The highest BCUT2D eigenvalue weighted by Crippen LogP contribution is 2.12. The van der Waals surface area contributed by atoms with E-state index >= 15 is 0 Å². The fourth-order valence-electron chi connectivity index (χ4n) is 2.34. The summed E-state index contributed by atoms with van der Waals surface area (Å²) in [6, 6.07) is 8.59. The predicted molar refractivity (Wildman–Crippen MR) is 83.0 cm³/mol. The summed E-state index contributed by atoms with van der Waals surface area (Å²) < 4.78 is 0. The second-order valence-electron chi connectivity index (χ2n) is 5.87. The molecule has 0 amide bonds. The van der Waals surface area contributed by atoms with Crippen molar-refractivity contribution < 1.29 is 9.90 Å². The lowest BCUT2D eigenvalue weighted by Crippen LogP contribution is -2.33. The lowest BCUT2D eigenvalue weighted by atomic mass is 9.98. The first-order valence-electron chi connectivity index (χ1n) is 7.54. The Kier molecular flexibility index (Phi) is 7.31. The summed E-state index contributed by atoms with van der Waals surface area (Å²) in [7, 11) is 0. The normalized spacial score (nSPS) is 12.6. The largest absolute Gasteiger partial charge is 0.481 e. The topological polar surface area (TPSA) is 49.3 Å². The van der Waals surface area contributed by atoms with Crippen LogP contribution in [0.2, 0.25) is 0 Å². The molecule has 20 heavy (non-hydrogen) atoms. The van der Waals surface area contributed by atoms with Crippen molar-refractivity contribution in [1.29, 1.82) is 0 Å². The molecule has 0 spiro atoms. The third-order valence-corrected chi connectivity index (χ3v) is 3.25. The molecule has 1 aromatic carbocycles. The summed E-state index contributed by atoms with van der Waals surface area (Å²) in [4.78, 5) is 10.9. The number of rotatable bonds is 9. The molecule has 0 aliphatic carbocycles. The standard InChI is InChI=1S/C17H27NO2/c1-4-9-18-16(12-17(19)20)11-15-7-5-14(6-8-15)10-13(2)3/h5-8,13,16,18H,4,9-12H2,1-3H3,(H,19,20). The van der Waals surface area contributed by atoms with Crippen LogP contribution >= 0.6 is 0 Å². The second-order valence-corrected chi connectivity index (χ2v) is 5.87. The minimum absolute atomic E-state index is 0.0170. The minimum atomic E-state index is -0.741. The van der Waals surface area contributed by atoms with E-state index in [1.54, 1.807) is 0 Å². The lowest BCUT2D eigenvalue weighted by Gasteiger charge is -2.17.